The summed E-state index contributed by atoms with van der Waals surface area (Å²) in [6.45, 7) is 1.91. The number of aromatic nitrogens is 3. The molecule has 0 aliphatic carbocycles. The summed E-state index contributed by atoms with van der Waals surface area (Å²) in [6, 6.07) is 18.6. The van der Waals surface area contributed by atoms with Crippen LogP contribution in [0.15, 0.2) is 69.8 Å². The molecule has 3 rings (SSSR count). The van der Waals surface area contributed by atoms with Gasteiger partial charge in [-0.3, -0.25) is 0 Å². The Morgan fingerprint density at radius 3 is 2.50 bits per heavy atom. The first-order valence-corrected chi connectivity index (χ1v) is 9.74. The van der Waals surface area contributed by atoms with Crippen LogP contribution in [0.4, 0.5) is 0 Å². The number of hydrogen-bond acceptors (Lipinski definition) is 5. The zero-order chi connectivity index (χ0) is 16.8. The summed E-state index contributed by atoms with van der Waals surface area (Å²) in [5, 5.41) is 13.7. The molecule has 1 heterocycles. The Morgan fingerprint density at radius 2 is 1.79 bits per heavy atom. The van der Waals surface area contributed by atoms with Crippen molar-refractivity contribution < 1.29 is 0 Å². The van der Waals surface area contributed by atoms with E-state index in [1.807, 2.05) is 31.3 Å². The summed E-state index contributed by atoms with van der Waals surface area (Å²) in [5.41, 5.74) is 2.31. The third kappa shape index (κ3) is 4.27. The summed E-state index contributed by atoms with van der Waals surface area (Å²) in [4.78, 5) is 1.24. The van der Waals surface area contributed by atoms with E-state index in [4.69, 9.17) is 0 Å². The summed E-state index contributed by atoms with van der Waals surface area (Å²) in [5.74, 6) is 1.62. The van der Waals surface area contributed by atoms with Crippen LogP contribution < -0.4 is 0 Å². The molecule has 1 aromatic heterocycles. The van der Waals surface area contributed by atoms with Crippen LogP contribution in [0.1, 0.15) is 17.0 Å². The molecule has 0 spiro atoms. The molecule has 3 aromatic rings. The number of nitrogens with zero attached hydrogens (tertiary/aromatic N) is 4. The van der Waals surface area contributed by atoms with Gasteiger partial charge in [-0.1, -0.05) is 54.2 Å². The van der Waals surface area contributed by atoms with Crippen molar-refractivity contribution in [2.24, 2.45) is 5.10 Å². The third-order valence-electron chi connectivity index (χ3n) is 3.42. The van der Waals surface area contributed by atoms with Gasteiger partial charge in [0.25, 0.3) is 0 Å². The molecule has 0 bridgehead atoms. The van der Waals surface area contributed by atoms with Gasteiger partial charge in [0.15, 0.2) is 5.82 Å². The third-order valence-corrected chi connectivity index (χ3v) is 5.15. The van der Waals surface area contributed by atoms with Crippen molar-refractivity contribution in [3.05, 3.63) is 71.5 Å². The quantitative estimate of drug-likeness (QED) is 0.483. The molecule has 24 heavy (non-hydrogen) atoms. The number of thioether (sulfide) groups is 2. The van der Waals surface area contributed by atoms with E-state index in [1.165, 1.54) is 10.5 Å². The van der Waals surface area contributed by atoms with Gasteiger partial charge < -0.3 is 0 Å². The van der Waals surface area contributed by atoms with Crippen molar-refractivity contribution in [3.63, 3.8) is 0 Å². The maximum atomic E-state index is 4.54. The van der Waals surface area contributed by atoms with Crippen molar-refractivity contribution >= 4 is 29.7 Å². The van der Waals surface area contributed by atoms with Crippen molar-refractivity contribution in [1.29, 1.82) is 0 Å². The van der Waals surface area contributed by atoms with Gasteiger partial charge in [0.1, 0.15) is 0 Å². The molecule has 0 aliphatic rings. The van der Waals surface area contributed by atoms with Gasteiger partial charge >= 0.3 is 0 Å². The smallest absolute Gasteiger partial charge is 0.192 e. The molecular formula is C18H18N4S2. The van der Waals surface area contributed by atoms with Crippen LogP contribution in [0, 0.1) is 6.92 Å². The molecule has 2 aromatic carbocycles. The van der Waals surface area contributed by atoms with E-state index in [0.717, 1.165) is 22.3 Å². The van der Waals surface area contributed by atoms with E-state index in [9.17, 15) is 0 Å². The molecular weight excluding hydrogens is 336 g/mol. The minimum absolute atomic E-state index is 0.780. The van der Waals surface area contributed by atoms with E-state index in [1.54, 1.807) is 28.2 Å². The molecule has 0 radical (unpaired) electrons. The largest absolute Gasteiger partial charge is 0.212 e. The van der Waals surface area contributed by atoms with E-state index < -0.39 is 0 Å². The lowest BCUT2D eigenvalue weighted by atomic mass is 10.2. The van der Waals surface area contributed by atoms with Crippen LogP contribution in [0.2, 0.25) is 0 Å². The van der Waals surface area contributed by atoms with Gasteiger partial charge in [0, 0.05) is 10.6 Å². The zero-order valence-corrected chi connectivity index (χ0v) is 15.2. The van der Waals surface area contributed by atoms with Crippen LogP contribution in [-0.2, 0) is 5.75 Å². The first kappa shape index (κ1) is 16.8. The van der Waals surface area contributed by atoms with Crippen LogP contribution in [0.3, 0.4) is 0 Å². The van der Waals surface area contributed by atoms with Gasteiger partial charge in [-0.2, -0.15) is 9.78 Å². The Balaban J connectivity index is 1.73. The lowest BCUT2D eigenvalue weighted by Crippen LogP contribution is -1.96. The number of hydrogen-bond donors (Lipinski definition) is 0. The van der Waals surface area contributed by atoms with Gasteiger partial charge in [-0.25, -0.2) is 0 Å². The van der Waals surface area contributed by atoms with Crippen LogP contribution in [-0.4, -0.2) is 27.3 Å². The second-order valence-electron chi connectivity index (χ2n) is 5.13. The van der Waals surface area contributed by atoms with E-state index in [-0.39, 0.29) is 0 Å². The SMILES string of the molecule is CSc1ccc(/C=N/n2c(C)nnc2SCc2ccccc2)cc1. The second kappa shape index (κ2) is 8.17. The lowest BCUT2D eigenvalue weighted by molar-refractivity contribution is 0.744. The normalized spacial score (nSPS) is 11.2. The minimum atomic E-state index is 0.780. The van der Waals surface area contributed by atoms with Crippen LogP contribution in [0.25, 0.3) is 0 Å². The molecule has 0 N–H and O–H groups in total. The van der Waals surface area contributed by atoms with Crippen molar-refractivity contribution in [1.82, 2.24) is 14.9 Å². The highest BCUT2D eigenvalue weighted by Crippen LogP contribution is 2.21. The van der Waals surface area contributed by atoms with Crippen molar-refractivity contribution in [2.75, 3.05) is 6.26 Å². The molecule has 0 fully saturated rings. The monoisotopic (exact) mass is 354 g/mol. The Morgan fingerprint density at radius 1 is 1.04 bits per heavy atom. The lowest BCUT2D eigenvalue weighted by Gasteiger charge is -2.03. The highest BCUT2D eigenvalue weighted by molar-refractivity contribution is 7.98. The topological polar surface area (TPSA) is 43.1 Å². The van der Waals surface area contributed by atoms with Crippen LogP contribution >= 0.6 is 23.5 Å². The predicted molar refractivity (Wildman–Crippen MR) is 102 cm³/mol. The summed E-state index contributed by atoms with van der Waals surface area (Å²) in [6.07, 6.45) is 3.91. The van der Waals surface area contributed by atoms with Gasteiger partial charge in [0.05, 0.1) is 6.21 Å². The first-order valence-electron chi connectivity index (χ1n) is 7.53. The Bertz CT molecular complexity index is 811. The molecule has 0 unspecified atom stereocenters. The molecule has 122 valence electrons. The average molecular weight is 355 g/mol. The summed E-state index contributed by atoms with van der Waals surface area (Å²) >= 11 is 3.36. The Kier molecular flexibility index (Phi) is 5.72. The molecule has 0 saturated heterocycles. The van der Waals surface area contributed by atoms with Gasteiger partial charge in [-0.15, -0.1) is 22.0 Å². The number of rotatable bonds is 6. The maximum Gasteiger partial charge on any atom is 0.212 e. The fourth-order valence-electron chi connectivity index (χ4n) is 2.10. The summed E-state index contributed by atoms with van der Waals surface area (Å²) < 4.78 is 1.79. The molecule has 0 atom stereocenters. The zero-order valence-electron chi connectivity index (χ0n) is 13.6. The standard InChI is InChI=1S/C18H18N4S2/c1-14-20-21-18(24-13-16-6-4-3-5-7-16)22(14)19-12-15-8-10-17(23-2)11-9-15/h3-12H,13H2,1-2H3/b19-12+. The first-order chi connectivity index (χ1) is 11.8. The highest BCUT2D eigenvalue weighted by atomic mass is 32.2. The molecule has 0 aliphatic heterocycles. The molecule has 4 nitrogen and oxygen atoms in total. The maximum absolute atomic E-state index is 4.54. The summed E-state index contributed by atoms with van der Waals surface area (Å²) in [7, 11) is 0. The van der Waals surface area contributed by atoms with Gasteiger partial charge in [0.2, 0.25) is 5.16 Å². The fraction of sp³-hybridized carbons (Fsp3) is 0.167. The molecule has 0 saturated carbocycles. The van der Waals surface area contributed by atoms with E-state index in [0.29, 0.717) is 0 Å². The Hall–Kier alpha value is -2.05. The average Bonchev–Trinajstić information content (AvgIpc) is 2.99. The second-order valence-corrected chi connectivity index (χ2v) is 6.96. The van der Waals surface area contributed by atoms with E-state index >= 15 is 0 Å². The van der Waals surface area contributed by atoms with Crippen molar-refractivity contribution in [3.8, 4) is 0 Å². The number of aryl methyl sites for hydroxylation is 1. The van der Waals surface area contributed by atoms with Gasteiger partial charge in [-0.05, 0) is 36.4 Å². The van der Waals surface area contributed by atoms with Crippen molar-refractivity contribution in [2.45, 2.75) is 22.7 Å². The van der Waals surface area contributed by atoms with Crippen LogP contribution in [0.5, 0.6) is 0 Å². The molecule has 6 heteroatoms. The molecule has 0 amide bonds. The van der Waals surface area contributed by atoms with E-state index in [2.05, 4.69) is 58.0 Å². The fourth-order valence-corrected chi connectivity index (χ4v) is 3.39. The minimum Gasteiger partial charge on any atom is -0.192 e. The predicted octanol–water partition coefficient (Wildman–Crippen LogP) is 4.48. The Labute approximate surface area is 150 Å². The number of benzene rings is 2. The highest BCUT2D eigenvalue weighted by Gasteiger charge is 2.08.